The molecule has 0 nitrogen and oxygen atoms in total. The van der Waals surface area contributed by atoms with E-state index < -0.39 is 77.9 Å². The van der Waals surface area contributed by atoms with Gasteiger partial charge in [0, 0.05) is 0 Å². The second-order valence-corrected chi connectivity index (χ2v) is 16.1. The van der Waals surface area contributed by atoms with E-state index >= 15 is 0 Å². The SMILES string of the molecule is [2H]c1c([2H])c2c([2H])c([2H])c3c([2H])c([2H])c(-c4ccc(-c5ccc6c(c5)C(c5ccccc5)(c5ccccc5)c5cc(-c7c([2H])c([2H])c8c([2H])c([2H])c9c([2H])c([2H])c([2H])c%10c([2H])c([2H])c7c8c9%10)ccc5-6)cc4)c4c([2H])c([2H])c(c1[2H])c2c34. The van der Waals surface area contributed by atoms with Gasteiger partial charge in [0.1, 0.15) is 0 Å². The van der Waals surface area contributed by atoms with Crippen LogP contribution in [0.15, 0.2) is 230 Å². The Kier molecular flexibility index (Phi) is 4.46. The molecule has 0 bridgehead atoms. The van der Waals surface area contributed by atoms with E-state index in [1.54, 1.807) is 12.1 Å². The summed E-state index contributed by atoms with van der Waals surface area (Å²) in [5, 5.41) is -0.172. The lowest BCUT2D eigenvalue weighted by atomic mass is 9.67. The summed E-state index contributed by atoms with van der Waals surface area (Å²) in [7, 11) is 0. The minimum Gasteiger partial charge on any atom is -0.0622 e. The molecular weight excluding hydrogens is 757 g/mol. The van der Waals surface area contributed by atoms with Crippen molar-refractivity contribution in [2.75, 3.05) is 0 Å². The molecular formula is C63H38. The maximum atomic E-state index is 9.67. The summed E-state index contributed by atoms with van der Waals surface area (Å²) in [5.74, 6) is 0. The van der Waals surface area contributed by atoms with Crippen molar-refractivity contribution < 1.29 is 24.7 Å². The molecule has 0 unspecified atom stereocenters. The first kappa shape index (κ1) is 21.6. The highest BCUT2D eigenvalue weighted by molar-refractivity contribution is 6.26. The molecule has 13 aromatic carbocycles. The van der Waals surface area contributed by atoms with Gasteiger partial charge in [0.05, 0.1) is 30.1 Å². The second kappa shape index (κ2) is 13.0. The molecule has 0 N–H and O–H groups in total. The zero-order chi connectivity index (χ0) is 56.9. The normalized spacial score (nSPS) is 17.2. The van der Waals surface area contributed by atoms with Crippen LogP contribution in [0.25, 0.3) is 109 Å². The fourth-order valence-corrected chi connectivity index (χ4v) is 10.2. The Labute approximate surface area is 390 Å². The molecule has 0 spiro atoms. The summed E-state index contributed by atoms with van der Waals surface area (Å²) >= 11 is 0. The molecule has 0 saturated carbocycles. The molecule has 0 radical (unpaired) electrons. The minimum absolute atomic E-state index is 0.0669. The predicted octanol–water partition coefficient (Wildman–Crippen LogP) is 16.8. The minimum atomic E-state index is -1.06. The summed E-state index contributed by atoms with van der Waals surface area (Å²) < 4.78 is 163. The van der Waals surface area contributed by atoms with Crippen molar-refractivity contribution in [1.29, 1.82) is 0 Å². The van der Waals surface area contributed by atoms with Gasteiger partial charge in [-0.05, 0) is 144 Å². The van der Waals surface area contributed by atoms with Crippen LogP contribution in [0, 0.1) is 0 Å². The Hall–Kier alpha value is -8.06. The fourth-order valence-electron chi connectivity index (χ4n) is 10.2. The van der Waals surface area contributed by atoms with Crippen LogP contribution in [0.3, 0.4) is 0 Å². The van der Waals surface area contributed by atoms with Crippen LogP contribution in [0.4, 0.5) is 0 Å². The molecule has 0 fully saturated rings. The second-order valence-electron chi connectivity index (χ2n) is 16.1. The van der Waals surface area contributed by atoms with Gasteiger partial charge in [0.15, 0.2) is 0 Å². The van der Waals surface area contributed by atoms with Gasteiger partial charge in [-0.25, -0.2) is 0 Å². The average molecular weight is 813 g/mol. The van der Waals surface area contributed by atoms with Gasteiger partial charge in [-0.2, -0.15) is 0 Å². The first-order chi connectivity index (χ1) is 38.7. The summed E-state index contributed by atoms with van der Waals surface area (Å²) in [6.07, 6.45) is 0. The number of benzene rings is 13. The van der Waals surface area contributed by atoms with E-state index in [1.807, 2.05) is 103 Å². The van der Waals surface area contributed by atoms with Crippen LogP contribution < -0.4 is 0 Å². The van der Waals surface area contributed by atoms with Crippen molar-refractivity contribution in [1.82, 2.24) is 0 Å². The van der Waals surface area contributed by atoms with E-state index in [2.05, 4.69) is 6.07 Å². The van der Waals surface area contributed by atoms with Crippen LogP contribution in [0.2, 0.25) is 0 Å². The van der Waals surface area contributed by atoms with Crippen molar-refractivity contribution >= 4 is 64.6 Å². The number of fused-ring (bicyclic) bond motifs is 3. The van der Waals surface area contributed by atoms with Crippen molar-refractivity contribution in [3.63, 3.8) is 0 Å². The number of rotatable bonds is 5. The molecule has 0 saturated heterocycles. The summed E-state index contributed by atoms with van der Waals surface area (Å²) in [6.45, 7) is 0. The van der Waals surface area contributed by atoms with E-state index in [1.165, 1.54) is 0 Å². The van der Waals surface area contributed by atoms with E-state index in [9.17, 15) is 9.60 Å². The van der Waals surface area contributed by atoms with Crippen LogP contribution in [0.1, 0.15) is 46.9 Å². The molecule has 0 heterocycles. The van der Waals surface area contributed by atoms with Crippen LogP contribution in [-0.4, -0.2) is 0 Å². The summed E-state index contributed by atoms with van der Waals surface area (Å²) in [4.78, 5) is 0. The Morgan fingerprint density at radius 3 is 1.17 bits per heavy atom. The molecule has 1 aliphatic carbocycles. The number of hydrogen-bond acceptors (Lipinski definition) is 0. The molecule has 0 amide bonds. The van der Waals surface area contributed by atoms with Crippen molar-refractivity contribution in [3.05, 3.63) is 252 Å². The van der Waals surface area contributed by atoms with E-state index in [0.29, 0.717) is 11.1 Å². The lowest BCUT2D eigenvalue weighted by Crippen LogP contribution is -2.28. The Bertz CT molecular complexity index is 4910. The van der Waals surface area contributed by atoms with E-state index in [-0.39, 0.29) is 112 Å². The summed E-state index contributed by atoms with van der Waals surface area (Å²) in [6, 6.07) is 31.2. The third-order valence-corrected chi connectivity index (χ3v) is 13.0. The standard InChI is InChI=1S/C63H38/c1-3-13-49(14-4-1)63(50-15-5-2-6-16-50)57-37-47(39-17-19-40(20-18-39)51-31-25-45-23-21-41-9-7-11-43-27-35-55(51)61(45)59(41)43)29-33-53(57)54-34-30-48(38-58(54)63)52-32-26-46-24-22-42-10-8-12-44-28-36-56(52)62(46)60(42)44/h1-38H/i7D,8D,9D,10D,11D,12D,21D,22D,23D,24D,25D,26D,27D,28D,31D,32D,35D,36D. The van der Waals surface area contributed by atoms with Crippen molar-refractivity contribution in [3.8, 4) is 44.5 Å². The summed E-state index contributed by atoms with van der Waals surface area (Å²) in [5.41, 5.74) is 6.83. The van der Waals surface area contributed by atoms with Crippen LogP contribution >= 0.6 is 0 Å². The largest absolute Gasteiger partial charge is 0.0713 e. The van der Waals surface area contributed by atoms with E-state index in [4.69, 9.17) is 15.1 Å². The molecule has 0 aliphatic heterocycles. The highest BCUT2D eigenvalue weighted by Gasteiger charge is 2.46. The first-order valence-corrected chi connectivity index (χ1v) is 20.6. The lowest BCUT2D eigenvalue weighted by molar-refractivity contribution is 0.769. The molecule has 63 heavy (non-hydrogen) atoms. The third-order valence-electron chi connectivity index (χ3n) is 13.0. The Morgan fingerprint density at radius 2 is 0.667 bits per heavy atom. The molecule has 14 rings (SSSR count). The molecule has 1 aliphatic rings. The van der Waals surface area contributed by atoms with Crippen LogP contribution in [0.5, 0.6) is 0 Å². The van der Waals surface area contributed by atoms with Gasteiger partial charge < -0.3 is 0 Å². The maximum Gasteiger partial charge on any atom is 0.0713 e. The van der Waals surface area contributed by atoms with Crippen molar-refractivity contribution in [2.45, 2.75) is 5.41 Å². The molecule has 13 aromatic rings. The molecule has 0 atom stereocenters. The topological polar surface area (TPSA) is 0 Å². The van der Waals surface area contributed by atoms with Gasteiger partial charge in [-0.3, -0.25) is 0 Å². The first-order valence-electron chi connectivity index (χ1n) is 29.6. The smallest absolute Gasteiger partial charge is 0.0622 e. The highest BCUT2D eigenvalue weighted by Crippen LogP contribution is 2.58. The molecule has 0 aromatic heterocycles. The average Bonchev–Trinajstić information content (AvgIpc) is 2.99. The zero-order valence-corrected chi connectivity index (χ0v) is 33.0. The molecule has 290 valence electrons. The fraction of sp³-hybridized carbons (Fsp3) is 0.0159. The monoisotopic (exact) mass is 812 g/mol. The number of hydrogen-bond donors (Lipinski definition) is 0. The predicted molar refractivity (Wildman–Crippen MR) is 267 cm³/mol. The van der Waals surface area contributed by atoms with Gasteiger partial charge in [-0.1, -0.05) is 218 Å². The van der Waals surface area contributed by atoms with Crippen LogP contribution in [-0.2, 0) is 5.41 Å². The highest BCUT2D eigenvalue weighted by atomic mass is 14.5. The quantitative estimate of drug-likeness (QED) is 0.152. The van der Waals surface area contributed by atoms with Gasteiger partial charge in [0.2, 0.25) is 0 Å². The van der Waals surface area contributed by atoms with Gasteiger partial charge in [0.25, 0.3) is 0 Å². The molecule has 0 heteroatoms. The Morgan fingerprint density at radius 1 is 0.286 bits per heavy atom. The lowest BCUT2D eigenvalue weighted by Gasteiger charge is -2.34. The van der Waals surface area contributed by atoms with Crippen molar-refractivity contribution in [2.24, 2.45) is 0 Å². The maximum absolute atomic E-state index is 9.67. The van der Waals surface area contributed by atoms with E-state index in [0.717, 1.165) is 44.5 Å². The van der Waals surface area contributed by atoms with Gasteiger partial charge in [-0.15, -0.1) is 0 Å². The third kappa shape index (κ3) is 4.81. The zero-order valence-electron chi connectivity index (χ0n) is 51.0. The van der Waals surface area contributed by atoms with Gasteiger partial charge >= 0.3 is 0 Å². The Balaban J connectivity index is 0.992.